The molecule has 0 saturated heterocycles. The van der Waals surface area contributed by atoms with E-state index < -0.39 is 5.97 Å². The molecule has 0 heterocycles. The fourth-order valence-corrected chi connectivity index (χ4v) is 2.88. The summed E-state index contributed by atoms with van der Waals surface area (Å²) >= 11 is 0. The van der Waals surface area contributed by atoms with Gasteiger partial charge in [-0.15, -0.1) is 12.4 Å². The molecule has 118 valence electrons. The zero-order valence-corrected chi connectivity index (χ0v) is 13.8. The van der Waals surface area contributed by atoms with Gasteiger partial charge in [0.25, 0.3) is 0 Å². The van der Waals surface area contributed by atoms with Crippen LogP contribution in [0.5, 0.6) is 0 Å². The van der Waals surface area contributed by atoms with Crippen molar-refractivity contribution in [1.29, 1.82) is 0 Å². The molecule has 4 aromatic carbocycles. The van der Waals surface area contributed by atoms with Gasteiger partial charge in [-0.25, -0.2) is 0 Å². The first kappa shape index (κ1) is 17.0. The molecule has 0 saturated carbocycles. The van der Waals surface area contributed by atoms with E-state index in [0.29, 0.717) is 6.42 Å². The standard InChI is InChI=1S/C16H10.C4H8O2.ClH/c1-3-11-7-9-13-5-2-6-14-10-8-12(4-1)15(11)16(13)14;1-2-3-4(5)6;/h1-10H;2-3H2,1H3,(H,5,6);1H. The smallest absolute Gasteiger partial charge is 0.303 e. The highest BCUT2D eigenvalue weighted by Gasteiger charge is 2.05. The number of benzene rings is 4. The van der Waals surface area contributed by atoms with Crippen molar-refractivity contribution in [1.82, 2.24) is 0 Å². The van der Waals surface area contributed by atoms with Crippen molar-refractivity contribution in [2.45, 2.75) is 19.8 Å². The Hall–Kier alpha value is -2.32. The highest BCUT2D eigenvalue weighted by atomic mass is 35.5. The number of carboxylic acids is 1. The molecule has 0 aliphatic heterocycles. The van der Waals surface area contributed by atoms with Gasteiger partial charge < -0.3 is 5.11 Å². The maximum Gasteiger partial charge on any atom is 0.303 e. The molecular formula is C20H19ClO2. The summed E-state index contributed by atoms with van der Waals surface area (Å²) in [5.74, 6) is -0.711. The Kier molecular flexibility index (Phi) is 5.41. The SMILES string of the molecule is CCCC(=O)O.Cl.c1cc2ccc3cccc4ccc(c1)c2c34. The summed E-state index contributed by atoms with van der Waals surface area (Å²) < 4.78 is 0. The van der Waals surface area contributed by atoms with Crippen molar-refractivity contribution in [2.75, 3.05) is 0 Å². The van der Waals surface area contributed by atoms with E-state index in [1.165, 1.54) is 32.3 Å². The maximum absolute atomic E-state index is 9.60. The van der Waals surface area contributed by atoms with E-state index in [-0.39, 0.29) is 12.4 Å². The molecule has 2 nitrogen and oxygen atoms in total. The zero-order valence-electron chi connectivity index (χ0n) is 13.0. The fraction of sp³-hybridized carbons (Fsp3) is 0.150. The van der Waals surface area contributed by atoms with Crippen molar-refractivity contribution < 1.29 is 9.90 Å². The van der Waals surface area contributed by atoms with Crippen molar-refractivity contribution in [3.05, 3.63) is 60.7 Å². The number of rotatable bonds is 2. The molecule has 3 heteroatoms. The second-order valence-electron chi connectivity index (χ2n) is 5.43. The highest BCUT2D eigenvalue weighted by Crippen LogP contribution is 2.33. The van der Waals surface area contributed by atoms with E-state index in [2.05, 4.69) is 60.7 Å². The monoisotopic (exact) mass is 326 g/mol. The molecule has 0 radical (unpaired) electrons. The minimum absolute atomic E-state index is 0. The van der Waals surface area contributed by atoms with Gasteiger partial charge in [0.2, 0.25) is 0 Å². The van der Waals surface area contributed by atoms with Crippen LogP contribution < -0.4 is 0 Å². The van der Waals surface area contributed by atoms with Crippen LogP contribution in [0, 0.1) is 0 Å². The van der Waals surface area contributed by atoms with Crippen molar-refractivity contribution in [3.8, 4) is 0 Å². The lowest BCUT2D eigenvalue weighted by Crippen LogP contribution is -1.90. The Balaban J connectivity index is 0.000000241. The third-order valence-corrected chi connectivity index (χ3v) is 3.86. The van der Waals surface area contributed by atoms with Gasteiger partial charge in [-0.05, 0) is 38.7 Å². The fourth-order valence-electron chi connectivity index (χ4n) is 2.88. The summed E-state index contributed by atoms with van der Waals surface area (Å²) in [6.07, 6.45) is 1.02. The quantitative estimate of drug-likeness (QED) is 0.467. The molecule has 0 fully saturated rings. The van der Waals surface area contributed by atoms with Crippen LogP contribution in [0.2, 0.25) is 0 Å². The van der Waals surface area contributed by atoms with Crippen LogP contribution in [0.3, 0.4) is 0 Å². The van der Waals surface area contributed by atoms with E-state index in [1.807, 2.05) is 6.92 Å². The van der Waals surface area contributed by atoms with Gasteiger partial charge in [0.1, 0.15) is 0 Å². The molecule has 23 heavy (non-hydrogen) atoms. The Morgan fingerprint density at radius 1 is 0.783 bits per heavy atom. The molecular weight excluding hydrogens is 308 g/mol. The van der Waals surface area contributed by atoms with Gasteiger partial charge in [0.15, 0.2) is 0 Å². The molecule has 0 unspecified atom stereocenters. The third-order valence-electron chi connectivity index (χ3n) is 3.86. The van der Waals surface area contributed by atoms with Crippen molar-refractivity contribution >= 4 is 50.7 Å². The summed E-state index contributed by atoms with van der Waals surface area (Å²) in [7, 11) is 0. The summed E-state index contributed by atoms with van der Waals surface area (Å²) in [6, 6.07) is 21.9. The van der Waals surface area contributed by atoms with Crippen LogP contribution in [-0.4, -0.2) is 11.1 Å². The summed E-state index contributed by atoms with van der Waals surface area (Å²) in [5, 5.41) is 16.1. The van der Waals surface area contributed by atoms with Gasteiger partial charge >= 0.3 is 5.97 Å². The van der Waals surface area contributed by atoms with Crippen LogP contribution in [0.25, 0.3) is 32.3 Å². The Morgan fingerprint density at radius 3 is 1.35 bits per heavy atom. The van der Waals surface area contributed by atoms with E-state index in [9.17, 15) is 4.79 Å². The Bertz CT molecular complexity index is 801. The Labute approximate surface area is 141 Å². The molecule has 0 amide bonds. The number of hydrogen-bond acceptors (Lipinski definition) is 1. The second-order valence-corrected chi connectivity index (χ2v) is 5.43. The summed E-state index contributed by atoms with van der Waals surface area (Å²) in [4.78, 5) is 9.60. The van der Waals surface area contributed by atoms with Crippen molar-refractivity contribution in [2.24, 2.45) is 0 Å². The number of aliphatic carboxylic acids is 1. The molecule has 0 atom stereocenters. The van der Waals surface area contributed by atoms with E-state index in [4.69, 9.17) is 5.11 Å². The lowest BCUT2D eigenvalue weighted by Gasteiger charge is -2.09. The van der Waals surface area contributed by atoms with Crippen LogP contribution in [0.15, 0.2) is 60.7 Å². The van der Waals surface area contributed by atoms with E-state index in [0.717, 1.165) is 6.42 Å². The number of hydrogen-bond donors (Lipinski definition) is 1. The normalized spacial score (nSPS) is 10.3. The largest absolute Gasteiger partial charge is 0.481 e. The summed E-state index contributed by atoms with van der Waals surface area (Å²) in [5.41, 5.74) is 0. The minimum atomic E-state index is -0.711. The van der Waals surface area contributed by atoms with E-state index in [1.54, 1.807) is 0 Å². The van der Waals surface area contributed by atoms with Gasteiger partial charge in [-0.3, -0.25) is 4.79 Å². The molecule has 4 rings (SSSR count). The minimum Gasteiger partial charge on any atom is -0.481 e. The molecule has 0 spiro atoms. The first-order valence-corrected chi connectivity index (χ1v) is 7.55. The highest BCUT2D eigenvalue weighted by molar-refractivity contribution is 6.22. The van der Waals surface area contributed by atoms with E-state index >= 15 is 0 Å². The van der Waals surface area contributed by atoms with Crippen LogP contribution in [-0.2, 0) is 4.79 Å². The first-order valence-electron chi connectivity index (χ1n) is 7.55. The Morgan fingerprint density at radius 2 is 1.13 bits per heavy atom. The average Bonchev–Trinajstić information content (AvgIpc) is 2.53. The van der Waals surface area contributed by atoms with Crippen LogP contribution >= 0.6 is 12.4 Å². The van der Waals surface area contributed by atoms with Gasteiger partial charge in [0.05, 0.1) is 0 Å². The van der Waals surface area contributed by atoms with Crippen LogP contribution in [0.4, 0.5) is 0 Å². The predicted molar refractivity (Wildman–Crippen MR) is 99.9 cm³/mol. The predicted octanol–water partition coefficient (Wildman–Crippen LogP) is 5.88. The average molecular weight is 327 g/mol. The molecule has 4 aromatic rings. The number of carboxylic acid groups (broad SMARTS) is 1. The lowest BCUT2D eigenvalue weighted by atomic mass is 9.95. The topological polar surface area (TPSA) is 37.3 Å². The first-order chi connectivity index (χ1) is 10.7. The van der Waals surface area contributed by atoms with Crippen LogP contribution in [0.1, 0.15) is 19.8 Å². The van der Waals surface area contributed by atoms with Gasteiger partial charge in [-0.1, -0.05) is 67.6 Å². The molecule has 0 aromatic heterocycles. The zero-order chi connectivity index (χ0) is 15.5. The molecule has 0 bridgehead atoms. The molecule has 0 aliphatic rings. The second kappa shape index (κ2) is 7.30. The molecule has 1 N–H and O–H groups in total. The third kappa shape index (κ3) is 3.38. The lowest BCUT2D eigenvalue weighted by molar-refractivity contribution is -0.137. The van der Waals surface area contributed by atoms with Crippen molar-refractivity contribution in [3.63, 3.8) is 0 Å². The van der Waals surface area contributed by atoms with Gasteiger partial charge in [0, 0.05) is 6.42 Å². The molecule has 0 aliphatic carbocycles. The number of carbonyl (C=O) groups is 1. The summed E-state index contributed by atoms with van der Waals surface area (Å²) in [6.45, 7) is 1.84. The maximum atomic E-state index is 9.60. The van der Waals surface area contributed by atoms with Gasteiger partial charge in [-0.2, -0.15) is 0 Å². The number of halogens is 1.